The van der Waals surface area contributed by atoms with Crippen molar-refractivity contribution in [2.75, 3.05) is 6.26 Å². The number of nitriles is 1. The molecule has 0 aliphatic rings. The molecule has 16 heavy (non-hydrogen) atoms. The minimum Gasteiger partial charge on any atom is -0.271 e. The molecular formula is C9H6BrCl2N3S. The van der Waals surface area contributed by atoms with E-state index in [1.807, 2.05) is 0 Å². The van der Waals surface area contributed by atoms with Crippen molar-refractivity contribution in [3.8, 4) is 6.19 Å². The second-order valence-electron chi connectivity index (χ2n) is 2.58. The third kappa shape index (κ3) is 3.56. The van der Waals surface area contributed by atoms with E-state index in [1.165, 1.54) is 11.8 Å². The molecular weight excluding hydrogens is 333 g/mol. The summed E-state index contributed by atoms with van der Waals surface area (Å²) in [6.45, 7) is 0. The highest BCUT2D eigenvalue weighted by Gasteiger charge is 2.07. The summed E-state index contributed by atoms with van der Waals surface area (Å²) in [6.07, 6.45) is 3.60. The van der Waals surface area contributed by atoms with Crippen LogP contribution in [0.25, 0.3) is 0 Å². The number of benzene rings is 1. The smallest absolute Gasteiger partial charge is 0.183 e. The number of hydrogen-bond acceptors (Lipinski definition) is 3. The van der Waals surface area contributed by atoms with E-state index in [0.717, 1.165) is 0 Å². The Morgan fingerprint density at radius 1 is 1.56 bits per heavy atom. The van der Waals surface area contributed by atoms with Gasteiger partial charge in [0.25, 0.3) is 0 Å². The van der Waals surface area contributed by atoms with Crippen LogP contribution in [0.2, 0.25) is 10.0 Å². The van der Waals surface area contributed by atoms with Gasteiger partial charge in [-0.05, 0) is 34.3 Å². The van der Waals surface area contributed by atoms with Gasteiger partial charge in [0.1, 0.15) is 0 Å². The number of halogens is 3. The second-order valence-corrected chi connectivity index (χ2v) is 5.04. The van der Waals surface area contributed by atoms with Gasteiger partial charge in [0.2, 0.25) is 0 Å². The van der Waals surface area contributed by atoms with Gasteiger partial charge in [0.15, 0.2) is 11.4 Å². The minimum absolute atomic E-state index is 0.454. The van der Waals surface area contributed by atoms with Crippen LogP contribution in [0.1, 0.15) is 0 Å². The summed E-state index contributed by atoms with van der Waals surface area (Å²) in [5.41, 5.74) is 0.508. The lowest BCUT2D eigenvalue weighted by molar-refractivity contribution is 1.28. The molecule has 1 aromatic carbocycles. The molecule has 1 N–H and O–H groups in total. The van der Waals surface area contributed by atoms with Gasteiger partial charge in [-0.1, -0.05) is 35.0 Å². The van der Waals surface area contributed by atoms with E-state index in [0.29, 0.717) is 25.4 Å². The lowest BCUT2D eigenvalue weighted by Crippen LogP contribution is -2.12. The van der Waals surface area contributed by atoms with Crippen molar-refractivity contribution >= 4 is 61.7 Å². The molecule has 3 nitrogen and oxygen atoms in total. The van der Waals surface area contributed by atoms with Crippen molar-refractivity contribution in [2.45, 2.75) is 0 Å². The van der Waals surface area contributed by atoms with Gasteiger partial charge < -0.3 is 0 Å². The first kappa shape index (κ1) is 13.7. The maximum absolute atomic E-state index is 8.50. The van der Waals surface area contributed by atoms with Gasteiger partial charge >= 0.3 is 0 Å². The van der Waals surface area contributed by atoms with Crippen LogP contribution in [-0.2, 0) is 0 Å². The molecule has 0 aromatic heterocycles. The summed E-state index contributed by atoms with van der Waals surface area (Å²) in [7, 11) is 0. The van der Waals surface area contributed by atoms with Gasteiger partial charge in [-0.2, -0.15) is 5.26 Å². The highest BCUT2D eigenvalue weighted by atomic mass is 79.9. The van der Waals surface area contributed by atoms with Crippen molar-refractivity contribution < 1.29 is 0 Å². The van der Waals surface area contributed by atoms with E-state index in [4.69, 9.17) is 28.5 Å². The maximum Gasteiger partial charge on any atom is 0.183 e. The Hall–Kier alpha value is -0.410. The quantitative estimate of drug-likeness (QED) is 0.275. The minimum atomic E-state index is 0.454. The molecule has 0 spiro atoms. The number of hydrogen-bond donors (Lipinski definition) is 1. The summed E-state index contributed by atoms with van der Waals surface area (Å²) < 4.78 is 0.665. The van der Waals surface area contributed by atoms with E-state index in [1.54, 1.807) is 24.6 Å². The van der Waals surface area contributed by atoms with Crippen LogP contribution in [0.4, 0.5) is 5.69 Å². The predicted molar refractivity (Wildman–Crippen MR) is 73.5 cm³/mol. The fourth-order valence-corrected chi connectivity index (χ4v) is 2.19. The molecule has 0 saturated heterocycles. The predicted octanol–water partition coefficient (Wildman–Crippen LogP) is 4.18. The van der Waals surface area contributed by atoms with E-state index in [-0.39, 0.29) is 0 Å². The SMILES string of the molecule is CSC(=Nc1cc(Cl)cc(Br)c1Cl)NC#N. The molecule has 0 fully saturated rings. The first-order valence-electron chi connectivity index (χ1n) is 4.00. The molecule has 7 heteroatoms. The summed E-state index contributed by atoms with van der Waals surface area (Å²) >= 11 is 16.5. The zero-order valence-corrected chi connectivity index (χ0v) is 12.0. The molecule has 1 aromatic rings. The van der Waals surface area contributed by atoms with Crippen LogP contribution in [0.5, 0.6) is 0 Å². The Kier molecular flexibility index (Phi) is 5.42. The summed E-state index contributed by atoms with van der Waals surface area (Å²) in [6, 6.07) is 3.31. The van der Waals surface area contributed by atoms with Gasteiger partial charge in [0, 0.05) is 9.50 Å². The van der Waals surface area contributed by atoms with E-state index in [2.05, 4.69) is 26.2 Å². The number of amidine groups is 1. The highest BCUT2D eigenvalue weighted by Crippen LogP contribution is 2.35. The normalized spacial score (nSPS) is 11.1. The second kappa shape index (κ2) is 6.36. The summed E-state index contributed by atoms with van der Waals surface area (Å²) in [5, 5.41) is 12.4. The third-order valence-electron chi connectivity index (χ3n) is 1.55. The van der Waals surface area contributed by atoms with Gasteiger partial charge in [-0.15, -0.1) is 0 Å². The number of nitrogens with one attached hydrogen (secondary N) is 1. The Morgan fingerprint density at radius 2 is 2.25 bits per heavy atom. The molecule has 0 unspecified atom stereocenters. The molecule has 0 aliphatic carbocycles. The molecule has 0 amide bonds. The van der Waals surface area contributed by atoms with Crippen molar-refractivity contribution in [1.82, 2.24) is 5.32 Å². The van der Waals surface area contributed by atoms with Crippen molar-refractivity contribution in [3.05, 3.63) is 26.7 Å². The Morgan fingerprint density at radius 3 is 2.81 bits per heavy atom. The van der Waals surface area contributed by atoms with Gasteiger partial charge in [-0.3, -0.25) is 5.32 Å². The third-order valence-corrected chi connectivity index (χ3v) is 3.60. The molecule has 0 bridgehead atoms. The van der Waals surface area contributed by atoms with Crippen LogP contribution in [0.3, 0.4) is 0 Å². The number of aliphatic imine (C=N–C) groups is 1. The van der Waals surface area contributed by atoms with E-state index < -0.39 is 0 Å². The first-order valence-corrected chi connectivity index (χ1v) is 6.78. The number of rotatable bonds is 1. The molecule has 1 rings (SSSR count). The van der Waals surface area contributed by atoms with Crippen LogP contribution in [0.15, 0.2) is 21.6 Å². The lowest BCUT2D eigenvalue weighted by atomic mass is 10.3. The van der Waals surface area contributed by atoms with E-state index >= 15 is 0 Å². The van der Waals surface area contributed by atoms with E-state index in [9.17, 15) is 0 Å². The standard InChI is InChI=1S/C9H6BrCl2N3S/c1-16-9(14-4-13)15-7-3-5(11)2-6(10)8(7)12/h2-3H,1H3,(H,14,15). The monoisotopic (exact) mass is 337 g/mol. The average Bonchev–Trinajstić information content (AvgIpc) is 2.24. The molecule has 0 radical (unpaired) electrons. The molecule has 0 saturated carbocycles. The molecule has 0 heterocycles. The zero-order valence-electron chi connectivity index (χ0n) is 8.09. The average molecular weight is 339 g/mol. The zero-order chi connectivity index (χ0) is 12.1. The fraction of sp³-hybridized carbons (Fsp3) is 0.111. The van der Waals surface area contributed by atoms with Crippen LogP contribution >= 0.6 is 50.9 Å². The molecule has 84 valence electrons. The van der Waals surface area contributed by atoms with Gasteiger partial charge in [-0.25, -0.2) is 4.99 Å². The topological polar surface area (TPSA) is 48.2 Å². The van der Waals surface area contributed by atoms with Gasteiger partial charge in [0.05, 0.1) is 10.7 Å². The Balaban J connectivity index is 3.18. The highest BCUT2D eigenvalue weighted by molar-refractivity contribution is 9.10. The van der Waals surface area contributed by atoms with Crippen LogP contribution in [-0.4, -0.2) is 11.4 Å². The first-order chi connectivity index (χ1) is 7.58. The van der Waals surface area contributed by atoms with Crippen molar-refractivity contribution in [2.24, 2.45) is 4.99 Å². The van der Waals surface area contributed by atoms with Crippen LogP contribution in [0, 0.1) is 11.5 Å². The van der Waals surface area contributed by atoms with Crippen molar-refractivity contribution in [1.29, 1.82) is 5.26 Å². The van der Waals surface area contributed by atoms with Crippen molar-refractivity contribution in [3.63, 3.8) is 0 Å². The largest absolute Gasteiger partial charge is 0.271 e. The fourth-order valence-electron chi connectivity index (χ4n) is 0.906. The summed E-state index contributed by atoms with van der Waals surface area (Å²) in [5.74, 6) is 0. The maximum atomic E-state index is 8.50. The summed E-state index contributed by atoms with van der Waals surface area (Å²) in [4.78, 5) is 4.19. The van der Waals surface area contributed by atoms with Crippen LogP contribution < -0.4 is 5.32 Å². The number of thioether (sulfide) groups is 1. The lowest BCUT2D eigenvalue weighted by Gasteiger charge is -2.04. The number of nitrogens with zero attached hydrogens (tertiary/aromatic N) is 2. The Labute approximate surface area is 116 Å². The Bertz CT molecular complexity index is 471. The molecule has 0 aliphatic heterocycles. The molecule has 0 atom stereocenters.